The van der Waals surface area contributed by atoms with Crippen LogP contribution in [-0.2, 0) is 6.54 Å². The molecule has 1 fully saturated rings. The molecule has 0 aliphatic carbocycles. The fourth-order valence-corrected chi connectivity index (χ4v) is 5.36. The predicted octanol–water partition coefficient (Wildman–Crippen LogP) is 4.85. The second kappa shape index (κ2) is 8.16. The first kappa shape index (κ1) is 19.2. The molecule has 154 valence electrons. The van der Waals surface area contributed by atoms with Gasteiger partial charge in [-0.05, 0) is 67.1 Å². The van der Waals surface area contributed by atoms with E-state index in [1.54, 1.807) is 7.11 Å². The Kier molecular flexibility index (Phi) is 5.23. The second-order valence-corrected chi connectivity index (χ2v) is 9.03. The molecule has 7 heteroatoms. The number of hydrogen-bond donors (Lipinski definition) is 1. The van der Waals surface area contributed by atoms with Gasteiger partial charge in [-0.2, -0.15) is 10.2 Å². The van der Waals surface area contributed by atoms with Crippen molar-refractivity contribution < 1.29 is 4.74 Å². The molecule has 5 rings (SSSR count). The van der Waals surface area contributed by atoms with Crippen molar-refractivity contribution in [2.45, 2.75) is 30.8 Å². The topological polar surface area (TPSA) is 59.0 Å². The van der Waals surface area contributed by atoms with E-state index in [9.17, 15) is 0 Å². The van der Waals surface area contributed by atoms with Crippen molar-refractivity contribution in [1.29, 1.82) is 0 Å². The lowest BCUT2D eigenvalue weighted by molar-refractivity contribution is 0.413. The molecule has 1 aliphatic rings. The van der Waals surface area contributed by atoms with E-state index >= 15 is 0 Å². The maximum absolute atomic E-state index is 5.36. The molecule has 1 N–H and O–H groups in total. The van der Waals surface area contributed by atoms with Crippen molar-refractivity contribution in [2.75, 3.05) is 13.7 Å². The molecule has 2 atom stereocenters. The lowest BCUT2D eigenvalue weighted by Crippen LogP contribution is -2.19. The highest BCUT2D eigenvalue weighted by atomic mass is 32.2. The maximum Gasteiger partial charge on any atom is 0.120 e. The SMILES string of the molecule is COc1cccc(SN2CC(Cn3ncc4cc(-c5cn[nH]c5)ccc43)C[C@@H]2C)c1. The number of rotatable bonds is 6. The maximum atomic E-state index is 5.36. The summed E-state index contributed by atoms with van der Waals surface area (Å²) in [5, 5.41) is 12.8. The van der Waals surface area contributed by atoms with Crippen LogP contribution in [-0.4, -0.2) is 44.0 Å². The Labute approximate surface area is 180 Å². The lowest BCUT2D eigenvalue weighted by Gasteiger charge is -2.19. The summed E-state index contributed by atoms with van der Waals surface area (Å²) in [5.41, 5.74) is 3.44. The summed E-state index contributed by atoms with van der Waals surface area (Å²) in [4.78, 5) is 1.22. The summed E-state index contributed by atoms with van der Waals surface area (Å²) in [5.74, 6) is 1.48. The summed E-state index contributed by atoms with van der Waals surface area (Å²) in [6.07, 6.45) is 6.91. The molecule has 2 aromatic heterocycles. The molecule has 0 amide bonds. The van der Waals surface area contributed by atoms with Gasteiger partial charge in [-0.3, -0.25) is 9.78 Å². The molecule has 1 saturated heterocycles. The quantitative estimate of drug-likeness (QED) is 0.453. The molecule has 0 spiro atoms. The van der Waals surface area contributed by atoms with Gasteiger partial charge in [0, 0.05) is 41.2 Å². The van der Waals surface area contributed by atoms with Gasteiger partial charge in [0.25, 0.3) is 0 Å². The molecule has 3 heterocycles. The minimum absolute atomic E-state index is 0.528. The average molecular weight is 420 g/mol. The van der Waals surface area contributed by atoms with Crippen LogP contribution < -0.4 is 4.74 Å². The Bertz CT molecular complexity index is 1140. The second-order valence-electron chi connectivity index (χ2n) is 7.91. The zero-order valence-corrected chi connectivity index (χ0v) is 18.0. The fourth-order valence-electron chi connectivity index (χ4n) is 4.23. The van der Waals surface area contributed by atoms with Crippen LogP contribution in [0.3, 0.4) is 0 Å². The Morgan fingerprint density at radius 3 is 2.93 bits per heavy atom. The van der Waals surface area contributed by atoms with Crippen molar-refractivity contribution in [3.05, 3.63) is 61.1 Å². The first-order valence-electron chi connectivity index (χ1n) is 10.2. The van der Waals surface area contributed by atoms with Crippen LogP contribution >= 0.6 is 11.9 Å². The Hall–Kier alpha value is -2.77. The van der Waals surface area contributed by atoms with E-state index in [4.69, 9.17) is 4.74 Å². The van der Waals surface area contributed by atoms with E-state index in [2.05, 4.69) is 61.5 Å². The minimum Gasteiger partial charge on any atom is -0.497 e. The first-order valence-corrected chi connectivity index (χ1v) is 11.0. The van der Waals surface area contributed by atoms with Crippen LogP contribution in [0.1, 0.15) is 13.3 Å². The smallest absolute Gasteiger partial charge is 0.120 e. The van der Waals surface area contributed by atoms with Gasteiger partial charge < -0.3 is 4.74 Å². The van der Waals surface area contributed by atoms with E-state index in [0.29, 0.717) is 12.0 Å². The molecule has 1 aliphatic heterocycles. The van der Waals surface area contributed by atoms with Gasteiger partial charge in [0.15, 0.2) is 0 Å². The van der Waals surface area contributed by atoms with Crippen molar-refractivity contribution >= 4 is 22.9 Å². The summed E-state index contributed by atoms with van der Waals surface area (Å²) in [7, 11) is 1.71. The summed E-state index contributed by atoms with van der Waals surface area (Å²) in [6, 6.07) is 15.3. The number of fused-ring (bicyclic) bond motifs is 1. The normalized spacial score (nSPS) is 19.5. The Morgan fingerprint density at radius 2 is 2.10 bits per heavy atom. The molecular formula is C23H25N5OS. The van der Waals surface area contributed by atoms with Gasteiger partial charge >= 0.3 is 0 Å². The van der Waals surface area contributed by atoms with Gasteiger partial charge in [-0.15, -0.1) is 0 Å². The number of nitrogens with zero attached hydrogens (tertiary/aromatic N) is 4. The molecule has 30 heavy (non-hydrogen) atoms. The van der Waals surface area contributed by atoms with Crippen LogP contribution in [0.25, 0.3) is 22.0 Å². The number of nitrogens with one attached hydrogen (secondary N) is 1. The summed E-state index contributed by atoms with van der Waals surface area (Å²) in [6.45, 7) is 4.30. The molecule has 4 aromatic rings. The van der Waals surface area contributed by atoms with E-state index in [-0.39, 0.29) is 0 Å². The fraction of sp³-hybridized carbons (Fsp3) is 0.304. The molecule has 0 saturated carbocycles. The van der Waals surface area contributed by atoms with Crippen molar-refractivity contribution in [3.63, 3.8) is 0 Å². The Balaban J connectivity index is 1.28. The third-order valence-corrected chi connectivity index (χ3v) is 6.98. The van der Waals surface area contributed by atoms with Gasteiger partial charge in [0.2, 0.25) is 0 Å². The first-order chi connectivity index (χ1) is 14.7. The van der Waals surface area contributed by atoms with Crippen LogP contribution in [0.15, 0.2) is 66.0 Å². The van der Waals surface area contributed by atoms with Crippen LogP contribution in [0.4, 0.5) is 0 Å². The van der Waals surface area contributed by atoms with E-state index in [0.717, 1.165) is 30.0 Å². The molecule has 6 nitrogen and oxygen atoms in total. The van der Waals surface area contributed by atoms with Gasteiger partial charge in [0.05, 0.1) is 25.0 Å². The van der Waals surface area contributed by atoms with E-state index in [1.807, 2.05) is 42.7 Å². The number of H-pyrrole nitrogens is 1. The summed E-state index contributed by atoms with van der Waals surface area (Å²) < 4.78 is 10.0. The standard InChI is InChI=1S/C23H25N5OS/c1-16-8-17(15-28(16)30-22-5-3-4-21(10-22)29-2)14-27-23-7-6-18(9-19(23)13-26-27)20-11-24-25-12-20/h3-7,9-13,16-17H,8,14-15H2,1-2H3,(H,24,25)/t16-,17?/m0/s1. The third-order valence-electron chi connectivity index (χ3n) is 5.77. The van der Waals surface area contributed by atoms with Gasteiger partial charge in [-0.1, -0.05) is 12.1 Å². The van der Waals surface area contributed by atoms with E-state index < -0.39 is 0 Å². The predicted molar refractivity (Wildman–Crippen MR) is 120 cm³/mol. The zero-order valence-electron chi connectivity index (χ0n) is 17.2. The average Bonchev–Trinajstić information content (AvgIpc) is 3.50. The van der Waals surface area contributed by atoms with E-state index in [1.165, 1.54) is 22.2 Å². The molecule has 2 aromatic carbocycles. The minimum atomic E-state index is 0.528. The lowest BCUT2D eigenvalue weighted by atomic mass is 10.1. The number of ether oxygens (including phenoxy) is 1. The molecule has 1 unspecified atom stereocenters. The third kappa shape index (κ3) is 3.82. The van der Waals surface area contributed by atoms with Crippen LogP contribution in [0.5, 0.6) is 5.75 Å². The highest BCUT2D eigenvalue weighted by molar-refractivity contribution is 7.97. The highest BCUT2D eigenvalue weighted by Gasteiger charge is 2.30. The van der Waals surface area contributed by atoms with Crippen LogP contribution in [0.2, 0.25) is 0 Å². The largest absolute Gasteiger partial charge is 0.497 e. The molecule has 0 bridgehead atoms. The monoisotopic (exact) mass is 419 g/mol. The van der Waals surface area contributed by atoms with Crippen LogP contribution in [0, 0.1) is 5.92 Å². The van der Waals surface area contributed by atoms with Crippen molar-refractivity contribution in [1.82, 2.24) is 24.3 Å². The van der Waals surface area contributed by atoms with Gasteiger partial charge in [0.1, 0.15) is 5.75 Å². The summed E-state index contributed by atoms with van der Waals surface area (Å²) >= 11 is 1.82. The zero-order chi connectivity index (χ0) is 20.5. The highest BCUT2D eigenvalue weighted by Crippen LogP contribution is 2.35. The van der Waals surface area contributed by atoms with Crippen molar-refractivity contribution in [3.8, 4) is 16.9 Å². The number of hydrogen-bond acceptors (Lipinski definition) is 5. The number of aromatic nitrogens is 4. The number of benzene rings is 2. The molecule has 0 radical (unpaired) electrons. The van der Waals surface area contributed by atoms with Gasteiger partial charge in [-0.25, -0.2) is 4.31 Å². The molecular weight excluding hydrogens is 394 g/mol. The van der Waals surface area contributed by atoms with Crippen molar-refractivity contribution in [2.24, 2.45) is 5.92 Å². The number of aromatic amines is 1. The Morgan fingerprint density at radius 1 is 1.17 bits per heavy atom. The number of methoxy groups -OCH3 is 1.